The fraction of sp³-hybridized carbons (Fsp3) is 0.727. The van der Waals surface area contributed by atoms with E-state index in [4.69, 9.17) is 9.47 Å². The Balaban J connectivity index is 2.09. The molecular formula is C11H17FN2O4. The number of hydrogen-bond donors (Lipinski definition) is 2. The van der Waals surface area contributed by atoms with Crippen molar-refractivity contribution < 1.29 is 24.1 Å². The van der Waals surface area contributed by atoms with Crippen LogP contribution in [0.1, 0.15) is 20.1 Å². The highest BCUT2D eigenvalue weighted by Gasteiger charge is 2.43. The molecule has 0 spiro atoms. The van der Waals surface area contributed by atoms with Gasteiger partial charge in [-0.2, -0.15) is 5.10 Å². The molecule has 1 aliphatic rings. The van der Waals surface area contributed by atoms with Crippen LogP contribution in [0, 0.1) is 0 Å². The van der Waals surface area contributed by atoms with Crippen LogP contribution >= 0.6 is 0 Å². The molecular weight excluding hydrogens is 243 g/mol. The molecule has 4 atom stereocenters. The lowest BCUT2D eigenvalue weighted by molar-refractivity contribution is -0.324. The van der Waals surface area contributed by atoms with Crippen molar-refractivity contribution in [2.45, 2.75) is 44.2 Å². The van der Waals surface area contributed by atoms with Gasteiger partial charge in [0, 0.05) is 12.4 Å². The topological polar surface area (TPSA) is 76.7 Å². The van der Waals surface area contributed by atoms with Gasteiger partial charge in [-0.15, -0.1) is 0 Å². The first-order valence-corrected chi connectivity index (χ1v) is 5.72. The summed E-state index contributed by atoms with van der Waals surface area (Å²) in [6, 6.07) is 1.55. The van der Waals surface area contributed by atoms with Gasteiger partial charge in [-0.3, -0.25) is 0 Å². The van der Waals surface area contributed by atoms with Gasteiger partial charge in [0.1, 0.15) is 18.3 Å². The minimum Gasteiger partial charge on any atom is -0.388 e. The van der Waals surface area contributed by atoms with Gasteiger partial charge in [0.15, 0.2) is 5.79 Å². The summed E-state index contributed by atoms with van der Waals surface area (Å²) in [5.74, 6) is -0.964. The molecule has 1 aromatic rings. The molecule has 18 heavy (non-hydrogen) atoms. The zero-order chi connectivity index (χ0) is 13.3. The van der Waals surface area contributed by atoms with Crippen LogP contribution in [0.3, 0.4) is 0 Å². The minimum atomic E-state index is -1.78. The van der Waals surface area contributed by atoms with Gasteiger partial charge in [-0.05, 0) is 19.9 Å². The van der Waals surface area contributed by atoms with Gasteiger partial charge in [-0.1, -0.05) is 0 Å². The van der Waals surface area contributed by atoms with Crippen molar-refractivity contribution in [3.05, 3.63) is 18.5 Å². The molecule has 2 rings (SSSR count). The van der Waals surface area contributed by atoms with E-state index in [9.17, 15) is 14.6 Å². The van der Waals surface area contributed by atoms with Crippen LogP contribution < -0.4 is 0 Å². The third-order valence-corrected chi connectivity index (χ3v) is 2.80. The Hall–Kier alpha value is -1.02. The number of aromatic nitrogens is 2. The van der Waals surface area contributed by atoms with Crippen LogP contribution in [0.4, 0.5) is 4.39 Å². The van der Waals surface area contributed by atoms with E-state index in [2.05, 4.69) is 5.10 Å². The molecule has 0 aromatic carbocycles. The lowest BCUT2D eigenvalue weighted by Crippen LogP contribution is -2.55. The molecule has 0 radical (unpaired) electrons. The van der Waals surface area contributed by atoms with Crippen LogP contribution in [0.15, 0.2) is 18.5 Å². The summed E-state index contributed by atoms with van der Waals surface area (Å²) in [6.45, 7) is 3.26. The van der Waals surface area contributed by atoms with Crippen LogP contribution in [-0.2, 0) is 9.47 Å². The summed E-state index contributed by atoms with van der Waals surface area (Å²) in [5.41, 5.74) is 0. The first-order valence-electron chi connectivity index (χ1n) is 5.72. The molecule has 0 amide bonds. The maximum absolute atomic E-state index is 14.0. The second-order valence-corrected chi connectivity index (χ2v) is 4.71. The van der Waals surface area contributed by atoms with E-state index in [0.29, 0.717) is 0 Å². The third-order valence-electron chi connectivity index (χ3n) is 2.80. The average molecular weight is 260 g/mol. The Morgan fingerprint density at radius 2 is 2.28 bits per heavy atom. The Kier molecular flexibility index (Phi) is 3.67. The number of hydrogen-bond acceptors (Lipinski definition) is 5. The average Bonchev–Trinajstić information content (AvgIpc) is 2.84. The summed E-state index contributed by atoms with van der Waals surface area (Å²) < 4.78 is 25.5. The Morgan fingerprint density at radius 3 is 2.89 bits per heavy atom. The summed E-state index contributed by atoms with van der Waals surface area (Å²) in [5, 5.41) is 23.4. The van der Waals surface area contributed by atoms with Crippen molar-refractivity contribution >= 4 is 0 Å². The summed E-state index contributed by atoms with van der Waals surface area (Å²) >= 11 is 0. The van der Waals surface area contributed by atoms with Gasteiger partial charge >= 0.3 is 0 Å². The predicted molar refractivity (Wildman–Crippen MR) is 59.3 cm³/mol. The van der Waals surface area contributed by atoms with Gasteiger partial charge in [0.2, 0.25) is 6.30 Å². The van der Waals surface area contributed by atoms with Crippen molar-refractivity contribution in [1.82, 2.24) is 9.78 Å². The van der Waals surface area contributed by atoms with Crippen molar-refractivity contribution in [2.75, 3.05) is 6.61 Å². The maximum Gasteiger partial charge on any atom is 0.219 e. The summed E-state index contributed by atoms with van der Waals surface area (Å²) in [6.07, 6.45) is -2.65. The normalized spacial score (nSPS) is 30.9. The number of alkyl halides is 1. The highest BCUT2D eigenvalue weighted by Crippen LogP contribution is 2.28. The van der Waals surface area contributed by atoms with Gasteiger partial charge < -0.3 is 19.7 Å². The Bertz CT molecular complexity index is 384. The maximum atomic E-state index is 14.0. The highest BCUT2D eigenvalue weighted by atomic mass is 19.1. The van der Waals surface area contributed by atoms with E-state index in [1.54, 1.807) is 19.9 Å². The minimum absolute atomic E-state index is 0.0133. The molecule has 1 aromatic heterocycles. The van der Waals surface area contributed by atoms with Crippen molar-refractivity contribution in [3.63, 3.8) is 0 Å². The summed E-state index contributed by atoms with van der Waals surface area (Å²) in [7, 11) is 0. The number of nitrogens with zero attached hydrogens (tertiary/aromatic N) is 2. The molecule has 6 nitrogen and oxygen atoms in total. The zero-order valence-electron chi connectivity index (χ0n) is 10.2. The number of halogens is 1. The molecule has 0 saturated carbocycles. The van der Waals surface area contributed by atoms with E-state index in [0.717, 1.165) is 4.68 Å². The fourth-order valence-corrected chi connectivity index (χ4v) is 1.86. The molecule has 1 saturated heterocycles. The molecule has 1 aliphatic heterocycles. The van der Waals surface area contributed by atoms with Crippen LogP contribution in [0.2, 0.25) is 0 Å². The standard InChI is InChI=1S/C11H17FN2O4/c1-11(2)17-6-7(15)9(18-11)8(16)10(12)14-5-3-4-13-14/h3-5,7-10,15-16H,6H2,1-2H3/t7?,8-,9-,10-/m1/s1. The number of rotatable bonds is 3. The first kappa shape index (κ1) is 13.4. The molecule has 1 fully saturated rings. The second-order valence-electron chi connectivity index (χ2n) is 4.71. The molecule has 1 unspecified atom stereocenters. The largest absolute Gasteiger partial charge is 0.388 e. The van der Waals surface area contributed by atoms with Crippen molar-refractivity contribution in [1.29, 1.82) is 0 Å². The Labute approximate surface area is 104 Å². The lowest BCUT2D eigenvalue weighted by Gasteiger charge is -2.41. The van der Waals surface area contributed by atoms with Crippen molar-refractivity contribution in [2.24, 2.45) is 0 Å². The Morgan fingerprint density at radius 1 is 1.56 bits per heavy atom. The monoisotopic (exact) mass is 260 g/mol. The fourth-order valence-electron chi connectivity index (χ4n) is 1.86. The molecule has 102 valence electrons. The predicted octanol–water partition coefficient (Wildman–Crippen LogP) is 0.224. The van der Waals surface area contributed by atoms with Crippen molar-refractivity contribution in [3.8, 4) is 0 Å². The lowest BCUT2D eigenvalue weighted by atomic mass is 10.1. The number of aliphatic hydroxyl groups is 2. The molecule has 0 bridgehead atoms. The first-order chi connectivity index (χ1) is 8.41. The zero-order valence-corrected chi connectivity index (χ0v) is 10.2. The number of ether oxygens (including phenoxy) is 2. The van der Waals surface area contributed by atoms with E-state index in [-0.39, 0.29) is 6.61 Å². The van der Waals surface area contributed by atoms with E-state index in [1.165, 1.54) is 12.4 Å². The second kappa shape index (κ2) is 4.93. The summed E-state index contributed by atoms with van der Waals surface area (Å²) in [4.78, 5) is 0. The van der Waals surface area contributed by atoms with Crippen LogP contribution in [0.25, 0.3) is 0 Å². The molecule has 2 heterocycles. The van der Waals surface area contributed by atoms with Crippen LogP contribution in [0.5, 0.6) is 0 Å². The molecule has 2 N–H and O–H groups in total. The highest BCUT2D eigenvalue weighted by molar-refractivity contribution is 4.88. The smallest absolute Gasteiger partial charge is 0.219 e. The SMILES string of the molecule is CC1(C)OCC(O)[C@H]([C@@H](O)[C@H](F)n2cccn2)O1. The van der Waals surface area contributed by atoms with E-state index >= 15 is 0 Å². The molecule has 7 heteroatoms. The van der Waals surface area contributed by atoms with Gasteiger partial charge in [0.25, 0.3) is 0 Å². The van der Waals surface area contributed by atoms with Crippen LogP contribution in [-0.4, -0.2) is 50.7 Å². The third kappa shape index (κ3) is 2.69. The van der Waals surface area contributed by atoms with Gasteiger partial charge in [0.05, 0.1) is 6.61 Å². The number of aliphatic hydroxyl groups excluding tert-OH is 2. The van der Waals surface area contributed by atoms with Gasteiger partial charge in [-0.25, -0.2) is 9.07 Å². The molecule has 0 aliphatic carbocycles. The van der Waals surface area contributed by atoms with E-state index < -0.39 is 30.4 Å². The van der Waals surface area contributed by atoms with E-state index in [1.807, 2.05) is 0 Å². The quantitative estimate of drug-likeness (QED) is 0.813.